The average Bonchev–Trinajstić information content (AvgIpc) is 3.03. The molecule has 2 N–H and O–H groups in total. The first-order valence-corrected chi connectivity index (χ1v) is 10.3. The molecule has 2 aromatic rings. The van der Waals surface area contributed by atoms with E-state index in [0.29, 0.717) is 11.0 Å². The van der Waals surface area contributed by atoms with Gasteiger partial charge in [0, 0.05) is 18.7 Å². The fourth-order valence-electron chi connectivity index (χ4n) is 3.16. The molecule has 1 aliphatic rings. The summed E-state index contributed by atoms with van der Waals surface area (Å²) in [5.74, 6) is -0.132. The lowest BCUT2D eigenvalue weighted by atomic mass is 9.96. The van der Waals surface area contributed by atoms with Crippen LogP contribution < -0.4 is 10.6 Å². The van der Waals surface area contributed by atoms with Gasteiger partial charge in [-0.2, -0.15) is 0 Å². The first-order chi connectivity index (χ1) is 13.4. The molecule has 7 nitrogen and oxygen atoms in total. The van der Waals surface area contributed by atoms with E-state index in [2.05, 4.69) is 20.8 Å². The molecule has 3 rings (SSSR count). The van der Waals surface area contributed by atoms with Gasteiger partial charge in [-0.1, -0.05) is 31.0 Å². The van der Waals surface area contributed by atoms with E-state index in [4.69, 9.17) is 0 Å². The van der Waals surface area contributed by atoms with Gasteiger partial charge < -0.3 is 9.88 Å². The lowest BCUT2D eigenvalue weighted by Crippen LogP contribution is -2.47. The number of thioether (sulfide) groups is 1. The van der Waals surface area contributed by atoms with E-state index < -0.39 is 11.3 Å². The number of rotatable bonds is 5. The molecule has 0 bridgehead atoms. The average molecular weight is 405 g/mol. The van der Waals surface area contributed by atoms with E-state index in [1.54, 1.807) is 30.7 Å². The van der Waals surface area contributed by atoms with Gasteiger partial charge in [0.1, 0.15) is 5.82 Å². The summed E-state index contributed by atoms with van der Waals surface area (Å²) in [6, 6.07) is 5.66. The molecule has 3 amide bonds. The predicted molar refractivity (Wildman–Crippen MR) is 105 cm³/mol. The molecule has 0 spiro atoms. The van der Waals surface area contributed by atoms with Crippen LogP contribution in [0.4, 0.5) is 9.18 Å². The Bertz CT molecular complexity index is 833. The number of amides is 3. The van der Waals surface area contributed by atoms with E-state index >= 15 is 0 Å². The van der Waals surface area contributed by atoms with Gasteiger partial charge in [0.2, 0.25) is 5.91 Å². The number of carbonyl (C=O) groups is 2. The maximum atomic E-state index is 13.1. The molecule has 1 aliphatic carbocycles. The number of hydrogen-bond donors (Lipinski definition) is 2. The summed E-state index contributed by atoms with van der Waals surface area (Å²) in [7, 11) is 1.78. The predicted octanol–water partition coefficient (Wildman–Crippen LogP) is 3.26. The molecule has 0 saturated heterocycles. The van der Waals surface area contributed by atoms with Gasteiger partial charge in [-0.15, -0.1) is 10.2 Å². The van der Waals surface area contributed by atoms with Crippen molar-refractivity contribution >= 4 is 23.7 Å². The van der Waals surface area contributed by atoms with Crippen LogP contribution in [0, 0.1) is 5.82 Å². The summed E-state index contributed by atoms with van der Waals surface area (Å²) in [6.45, 7) is 1.71. The first-order valence-electron chi connectivity index (χ1n) is 9.37. The molecular formula is C19H24FN5O2S. The lowest BCUT2D eigenvalue weighted by Gasteiger charge is -2.23. The number of hydrogen-bond acceptors (Lipinski definition) is 5. The molecule has 9 heteroatoms. The molecule has 28 heavy (non-hydrogen) atoms. The highest BCUT2D eigenvalue weighted by atomic mass is 32.2. The molecule has 0 aliphatic heterocycles. The zero-order chi connectivity index (χ0) is 20.1. The Morgan fingerprint density at radius 2 is 1.86 bits per heavy atom. The molecule has 0 radical (unpaired) electrons. The number of urea groups is 1. The number of imide groups is 1. The Hall–Kier alpha value is -2.42. The molecular weight excluding hydrogens is 381 g/mol. The highest BCUT2D eigenvalue weighted by Gasteiger charge is 2.22. The fourth-order valence-corrected chi connectivity index (χ4v) is 3.98. The van der Waals surface area contributed by atoms with Crippen LogP contribution in [0.3, 0.4) is 0 Å². The minimum Gasteiger partial charge on any atom is -0.335 e. The summed E-state index contributed by atoms with van der Waals surface area (Å²) in [6.07, 6.45) is 5.32. The summed E-state index contributed by atoms with van der Waals surface area (Å²) < 4.78 is 14.8. The van der Waals surface area contributed by atoms with Crippen LogP contribution in [0.2, 0.25) is 0 Å². The molecule has 1 aromatic heterocycles. The molecule has 1 atom stereocenters. The standard InChI is InChI=1S/C19H24FN5O2S/c1-12(17(26)22-18(27)21-15-6-4-3-5-7-15)28-19-24-23-16(25(19)2)13-8-10-14(20)11-9-13/h8-12,15H,3-7H2,1-2H3,(H2,21,22,26,27). The van der Waals surface area contributed by atoms with Gasteiger partial charge >= 0.3 is 6.03 Å². The van der Waals surface area contributed by atoms with E-state index in [-0.39, 0.29) is 17.8 Å². The molecule has 1 unspecified atom stereocenters. The summed E-state index contributed by atoms with van der Waals surface area (Å²) in [5, 5.41) is 13.5. The van der Waals surface area contributed by atoms with Crippen molar-refractivity contribution in [3.63, 3.8) is 0 Å². The van der Waals surface area contributed by atoms with Crippen molar-refractivity contribution in [1.29, 1.82) is 0 Å². The van der Waals surface area contributed by atoms with Crippen molar-refractivity contribution in [2.75, 3.05) is 0 Å². The molecule has 1 saturated carbocycles. The molecule has 1 heterocycles. The first kappa shape index (κ1) is 20.3. The van der Waals surface area contributed by atoms with Crippen molar-refractivity contribution in [2.24, 2.45) is 7.05 Å². The zero-order valence-electron chi connectivity index (χ0n) is 15.9. The van der Waals surface area contributed by atoms with Crippen molar-refractivity contribution in [2.45, 2.75) is 55.5 Å². The number of nitrogens with one attached hydrogen (secondary N) is 2. The number of benzene rings is 1. The molecule has 1 aromatic carbocycles. The van der Waals surface area contributed by atoms with Gasteiger partial charge in [-0.25, -0.2) is 9.18 Å². The summed E-state index contributed by atoms with van der Waals surface area (Å²) in [5.41, 5.74) is 0.729. The molecule has 150 valence electrons. The Kier molecular flexibility index (Phi) is 6.66. The fraction of sp³-hybridized carbons (Fsp3) is 0.474. The van der Waals surface area contributed by atoms with Crippen LogP contribution in [-0.4, -0.2) is 38.0 Å². The van der Waals surface area contributed by atoms with Gasteiger partial charge in [-0.3, -0.25) is 10.1 Å². The van der Waals surface area contributed by atoms with E-state index in [0.717, 1.165) is 31.2 Å². The Labute approximate surface area is 167 Å². The second-order valence-corrected chi connectivity index (χ2v) is 8.24. The van der Waals surface area contributed by atoms with Crippen molar-refractivity contribution in [3.8, 4) is 11.4 Å². The van der Waals surface area contributed by atoms with Crippen LogP contribution in [0.25, 0.3) is 11.4 Å². The highest BCUT2D eigenvalue weighted by Crippen LogP contribution is 2.25. The van der Waals surface area contributed by atoms with Crippen LogP contribution in [0.15, 0.2) is 29.4 Å². The quantitative estimate of drug-likeness (QED) is 0.746. The normalized spacial score (nSPS) is 15.8. The Morgan fingerprint density at radius 3 is 2.54 bits per heavy atom. The molecule has 1 fully saturated rings. The van der Waals surface area contributed by atoms with Crippen LogP contribution >= 0.6 is 11.8 Å². The maximum absolute atomic E-state index is 13.1. The number of aromatic nitrogens is 3. The van der Waals surface area contributed by atoms with Crippen molar-refractivity contribution in [1.82, 2.24) is 25.4 Å². The topological polar surface area (TPSA) is 88.9 Å². The Balaban J connectivity index is 1.56. The van der Waals surface area contributed by atoms with Gasteiger partial charge in [0.15, 0.2) is 11.0 Å². The highest BCUT2D eigenvalue weighted by molar-refractivity contribution is 8.00. The minimum atomic E-state index is -0.527. The van der Waals surface area contributed by atoms with E-state index in [9.17, 15) is 14.0 Å². The zero-order valence-corrected chi connectivity index (χ0v) is 16.8. The van der Waals surface area contributed by atoms with Crippen molar-refractivity contribution < 1.29 is 14.0 Å². The SMILES string of the molecule is CC(Sc1nnc(-c2ccc(F)cc2)n1C)C(=O)NC(=O)NC1CCCCC1. The van der Waals surface area contributed by atoms with Gasteiger partial charge in [0.25, 0.3) is 0 Å². The van der Waals surface area contributed by atoms with Gasteiger partial charge in [-0.05, 0) is 44.0 Å². The third-order valence-corrected chi connectivity index (χ3v) is 5.90. The second-order valence-electron chi connectivity index (χ2n) is 6.93. The smallest absolute Gasteiger partial charge is 0.321 e. The second kappa shape index (κ2) is 9.18. The number of nitrogens with zero attached hydrogens (tertiary/aromatic N) is 3. The van der Waals surface area contributed by atoms with Gasteiger partial charge in [0.05, 0.1) is 5.25 Å². The Morgan fingerprint density at radius 1 is 1.18 bits per heavy atom. The third-order valence-electron chi connectivity index (χ3n) is 4.77. The monoisotopic (exact) mass is 405 g/mol. The van der Waals surface area contributed by atoms with Crippen molar-refractivity contribution in [3.05, 3.63) is 30.1 Å². The minimum absolute atomic E-state index is 0.140. The van der Waals surface area contributed by atoms with E-state index in [1.807, 2.05) is 0 Å². The summed E-state index contributed by atoms with van der Waals surface area (Å²) in [4.78, 5) is 24.4. The number of carbonyl (C=O) groups excluding carboxylic acids is 2. The number of halogens is 1. The maximum Gasteiger partial charge on any atom is 0.321 e. The third kappa shape index (κ3) is 5.09. The van der Waals surface area contributed by atoms with E-state index in [1.165, 1.54) is 30.3 Å². The summed E-state index contributed by atoms with van der Waals surface area (Å²) >= 11 is 1.21. The lowest BCUT2D eigenvalue weighted by molar-refractivity contribution is -0.119. The largest absolute Gasteiger partial charge is 0.335 e. The van der Waals surface area contributed by atoms with Crippen LogP contribution in [0.1, 0.15) is 39.0 Å². The van der Waals surface area contributed by atoms with Crippen LogP contribution in [0.5, 0.6) is 0 Å². The van der Waals surface area contributed by atoms with Crippen LogP contribution in [-0.2, 0) is 11.8 Å².